The Balaban J connectivity index is 0.00000288. The number of phenolic OH excluding ortho intramolecular Hbond substituents is 2. The Bertz CT molecular complexity index is 871. The lowest BCUT2D eigenvalue weighted by Gasteiger charge is -2.08. The number of nitro benzene ring substituents is 1. The van der Waals surface area contributed by atoms with Crippen LogP contribution in [0.3, 0.4) is 0 Å². The van der Waals surface area contributed by atoms with Crippen LogP contribution in [0.2, 0.25) is 0 Å². The fraction of sp³-hybridized carbons (Fsp3) is 0. The quantitative estimate of drug-likeness (QED) is 0.159. The minimum atomic E-state index is -0.962. The molecule has 2 aromatic rings. The Hall–Kier alpha value is -3.40. The van der Waals surface area contributed by atoms with Crippen LogP contribution in [0.25, 0.3) is 5.41 Å². The third kappa shape index (κ3) is 3.33. The first-order valence-corrected chi connectivity index (χ1v) is 6.80. The number of phenols is 2. The summed E-state index contributed by atoms with van der Waals surface area (Å²) in [7, 11) is 0. The second-order valence-electron chi connectivity index (χ2n) is 4.18. The third-order valence-electron chi connectivity index (χ3n) is 2.81. The zero-order chi connectivity index (χ0) is 17.1. The van der Waals surface area contributed by atoms with Gasteiger partial charge in [-0.1, -0.05) is 0 Å². The fourth-order valence-electron chi connectivity index (χ4n) is 1.70. The molecule has 0 bridgehead atoms. The van der Waals surface area contributed by atoms with Crippen molar-refractivity contribution in [2.24, 2.45) is 0 Å². The summed E-state index contributed by atoms with van der Waals surface area (Å²) in [5.74, 6) is -1.04. The lowest BCUT2D eigenvalue weighted by atomic mass is 9.98. The number of thiazole rings is 1. The van der Waals surface area contributed by atoms with Gasteiger partial charge in [0, 0.05) is 17.0 Å². The van der Waals surface area contributed by atoms with Crippen molar-refractivity contribution in [3.63, 3.8) is 0 Å². The van der Waals surface area contributed by atoms with E-state index in [2.05, 4.69) is 4.98 Å². The molecule has 0 aliphatic carbocycles. The number of rotatable bonds is 5. The summed E-state index contributed by atoms with van der Waals surface area (Å²) in [4.78, 5) is 25.7. The van der Waals surface area contributed by atoms with Crippen LogP contribution < -0.4 is 6.15 Å². The topological polar surface area (TPSA) is 196 Å². The van der Waals surface area contributed by atoms with E-state index in [0.717, 1.165) is 23.5 Å². The van der Waals surface area contributed by atoms with Gasteiger partial charge in [-0.25, -0.2) is 4.98 Å². The second-order valence-corrected chi connectivity index (χ2v) is 4.90. The van der Waals surface area contributed by atoms with Crippen molar-refractivity contribution in [1.82, 2.24) is 11.1 Å². The number of nitrogens with one attached hydrogen (secondary N) is 1. The van der Waals surface area contributed by atoms with E-state index >= 15 is 0 Å². The zero-order valence-corrected chi connectivity index (χ0v) is 13.0. The molecule has 0 saturated heterocycles. The predicted octanol–water partition coefficient (Wildman–Crippen LogP) is 2.25. The number of quaternary nitrogens is 1. The van der Waals surface area contributed by atoms with Crippen LogP contribution >= 0.6 is 11.3 Å². The number of hydrogen-bond acceptors (Lipinski definition) is 8. The normalized spacial score (nSPS) is 9.50. The molecule has 1 aromatic carbocycles. The van der Waals surface area contributed by atoms with Gasteiger partial charge >= 0.3 is 5.69 Å². The lowest BCUT2D eigenvalue weighted by Crippen LogP contribution is -2.15. The Morgan fingerprint density at radius 1 is 1.42 bits per heavy atom. The molecule has 0 amide bonds. The summed E-state index contributed by atoms with van der Waals surface area (Å²) in [5.41, 5.74) is -0.966. The summed E-state index contributed by atoms with van der Waals surface area (Å²) in [6, 6.07) is 1.65. The first kappa shape index (κ1) is 18.6. The molecule has 1 heterocycles. The molecule has 7 N–H and O–H groups in total. The first-order chi connectivity index (χ1) is 10.9. The highest BCUT2D eigenvalue weighted by molar-refractivity contribution is 7.07. The monoisotopic (exact) mass is 349 g/mol. The van der Waals surface area contributed by atoms with Gasteiger partial charge in [0.05, 0.1) is 21.7 Å². The minimum absolute atomic E-state index is 0. The minimum Gasteiger partial charge on any atom is -0.763 e. The number of allylic oxidation sites excluding steroid dienone is 1. The number of carbonyl (C=O) groups is 1. The Morgan fingerprint density at radius 3 is 2.58 bits per heavy atom. The van der Waals surface area contributed by atoms with Crippen molar-refractivity contribution in [2.45, 2.75) is 0 Å². The number of aromatic hydroxyl groups is 2. The van der Waals surface area contributed by atoms with Gasteiger partial charge in [-0.15, -0.1) is 11.3 Å². The summed E-state index contributed by atoms with van der Waals surface area (Å²) >= 11 is 1.13. The Morgan fingerprint density at radius 2 is 2.08 bits per heavy atom. The number of aromatic nitrogens is 1. The van der Waals surface area contributed by atoms with Crippen molar-refractivity contribution < 1.29 is 19.9 Å². The molecule has 2 rings (SSSR count). The zero-order valence-electron chi connectivity index (χ0n) is 12.2. The van der Waals surface area contributed by atoms with Gasteiger partial charge in [0.15, 0.2) is 5.75 Å². The van der Waals surface area contributed by atoms with E-state index in [4.69, 9.17) is 10.8 Å². The van der Waals surface area contributed by atoms with Crippen LogP contribution in [-0.2, 0) is 0 Å². The van der Waals surface area contributed by atoms with Crippen LogP contribution in [0.4, 0.5) is 5.69 Å². The van der Waals surface area contributed by atoms with Crippen molar-refractivity contribution >= 4 is 34.4 Å². The summed E-state index contributed by atoms with van der Waals surface area (Å²) in [6.07, 6.45) is 0. The van der Waals surface area contributed by atoms with E-state index in [-0.39, 0.29) is 17.4 Å². The van der Waals surface area contributed by atoms with Crippen molar-refractivity contribution in [3.05, 3.63) is 55.4 Å². The molecule has 0 unspecified atom stereocenters. The maximum absolute atomic E-state index is 12.1. The number of nitro groups is 1. The van der Waals surface area contributed by atoms with Crippen LogP contribution in [-0.4, -0.2) is 37.5 Å². The van der Waals surface area contributed by atoms with Crippen LogP contribution in [0, 0.1) is 15.5 Å². The molecular formula is C13H11N5O5S. The van der Waals surface area contributed by atoms with Crippen LogP contribution in [0.1, 0.15) is 16.1 Å². The summed E-state index contributed by atoms with van der Waals surface area (Å²) < 4.78 is 0. The molecule has 0 saturated carbocycles. The van der Waals surface area contributed by atoms with Gasteiger partial charge in [0.25, 0.3) is 0 Å². The van der Waals surface area contributed by atoms with Crippen molar-refractivity contribution in [3.8, 4) is 11.5 Å². The molecule has 10 nitrogen and oxygen atoms in total. The van der Waals surface area contributed by atoms with Crippen LogP contribution in [0.15, 0.2) is 28.6 Å². The average Bonchev–Trinajstić information content (AvgIpc) is 3.04. The predicted molar refractivity (Wildman–Crippen MR) is 87.6 cm³/mol. The molecule has 0 spiro atoms. The SMILES string of the molecule is [N-]=C=C(C(=N)c1cc(O)c(O)c([N+](=O)[O-])c1)C(=O)c1cscn1.[NH4+]. The number of ketones is 1. The highest BCUT2D eigenvalue weighted by Gasteiger charge is 2.24. The highest BCUT2D eigenvalue weighted by Crippen LogP contribution is 2.36. The molecule has 0 aliphatic rings. The number of nitrogens with zero attached hydrogens (tertiary/aromatic N) is 3. The molecule has 1 aromatic heterocycles. The summed E-state index contributed by atoms with van der Waals surface area (Å²) in [6.45, 7) is 0. The molecule has 0 fully saturated rings. The van der Waals surface area contributed by atoms with E-state index in [1.54, 1.807) is 5.87 Å². The van der Waals surface area contributed by atoms with Crippen molar-refractivity contribution in [1.29, 1.82) is 5.41 Å². The van der Waals surface area contributed by atoms with E-state index in [1.165, 1.54) is 10.9 Å². The van der Waals surface area contributed by atoms with E-state index in [1.807, 2.05) is 0 Å². The Labute approximate surface area is 138 Å². The third-order valence-corrected chi connectivity index (χ3v) is 3.40. The summed E-state index contributed by atoms with van der Waals surface area (Å²) in [5, 5.41) is 48.2. The second kappa shape index (κ2) is 7.24. The standard InChI is InChI=1S/C13H7N4O5S.H3N/c14-3-7(12(19)8-4-23-5-16-8)11(15)6-1-9(17(21)22)13(20)10(18)2-6;/h1-2,4-5,15,18,20H;1H3/q-1;/p+1. The fourth-order valence-corrected chi connectivity index (χ4v) is 2.24. The molecule has 0 radical (unpaired) electrons. The smallest absolute Gasteiger partial charge is 0.315 e. The van der Waals surface area contributed by atoms with E-state index in [9.17, 15) is 25.1 Å². The van der Waals surface area contributed by atoms with Gasteiger partial charge in [-0.3, -0.25) is 26.2 Å². The first-order valence-electron chi connectivity index (χ1n) is 5.86. The molecule has 0 aliphatic heterocycles. The van der Waals surface area contributed by atoms with E-state index < -0.39 is 39.2 Å². The maximum atomic E-state index is 12.1. The molecule has 0 atom stereocenters. The van der Waals surface area contributed by atoms with Gasteiger partial charge in [0.2, 0.25) is 11.5 Å². The Kier molecular flexibility index (Phi) is 5.63. The van der Waals surface area contributed by atoms with Gasteiger partial charge in [-0.2, -0.15) is 0 Å². The lowest BCUT2D eigenvalue weighted by molar-refractivity contribution is -0.386. The molecule has 11 heteroatoms. The van der Waals surface area contributed by atoms with Gasteiger partial charge in [-0.05, 0) is 6.07 Å². The van der Waals surface area contributed by atoms with E-state index in [0.29, 0.717) is 0 Å². The molecular weight excluding hydrogens is 338 g/mol. The average molecular weight is 349 g/mol. The highest BCUT2D eigenvalue weighted by atomic mass is 32.1. The number of carbonyl (C=O) groups excluding carboxylic acids is 1. The van der Waals surface area contributed by atoms with Gasteiger partial charge in [0.1, 0.15) is 5.69 Å². The molecule has 24 heavy (non-hydrogen) atoms. The molecule has 124 valence electrons. The number of benzene rings is 1. The largest absolute Gasteiger partial charge is 0.763 e. The van der Waals surface area contributed by atoms with Crippen molar-refractivity contribution in [2.75, 3.05) is 0 Å². The number of hydrogen-bond donors (Lipinski definition) is 4. The van der Waals surface area contributed by atoms with Gasteiger partial charge < -0.3 is 21.8 Å². The maximum Gasteiger partial charge on any atom is 0.315 e. The van der Waals surface area contributed by atoms with Crippen LogP contribution in [0.5, 0.6) is 11.5 Å². The number of Topliss-reactive ketones (excluding diaryl/α,β-unsaturated/α-hetero) is 1.